The normalized spacial score (nSPS) is 15.5. The Morgan fingerprint density at radius 2 is 1.84 bits per heavy atom. The van der Waals surface area contributed by atoms with Crippen LogP contribution in [0.2, 0.25) is 10.0 Å². The second-order valence-electron chi connectivity index (χ2n) is 10.1. The Balaban J connectivity index is 1.39. The number of esters is 1. The number of benzene rings is 3. The van der Waals surface area contributed by atoms with Gasteiger partial charge in [-0.1, -0.05) is 52.7 Å². The molecule has 0 saturated carbocycles. The van der Waals surface area contributed by atoms with Crippen molar-refractivity contribution in [3.05, 3.63) is 112 Å². The molecule has 0 radical (unpaired) electrons. The number of carbonyl (C=O) groups excluding carboxylic acids is 1. The summed E-state index contributed by atoms with van der Waals surface area (Å²) in [6.07, 6.45) is 1.77. The van der Waals surface area contributed by atoms with Crippen molar-refractivity contribution in [2.24, 2.45) is 4.99 Å². The molecule has 1 atom stereocenters. The molecule has 0 fully saturated rings. The Bertz CT molecular complexity index is 2020. The zero-order valence-electron chi connectivity index (χ0n) is 24.6. The van der Waals surface area contributed by atoms with Gasteiger partial charge in [-0.25, -0.2) is 9.79 Å². The van der Waals surface area contributed by atoms with Crippen LogP contribution in [-0.4, -0.2) is 30.5 Å². The van der Waals surface area contributed by atoms with Crippen LogP contribution in [0.25, 0.3) is 6.08 Å². The van der Waals surface area contributed by atoms with Crippen LogP contribution < -0.4 is 33.8 Å². The van der Waals surface area contributed by atoms with Crippen LogP contribution in [0.15, 0.2) is 75.7 Å². The lowest BCUT2D eigenvalue weighted by molar-refractivity contribution is -0.139. The minimum absolute atomic E-state index is 0.101. The van der Waals surface area contributed by atoms with Crippen LogP contribution in [0.4, 0.5) is 0 Å². The molecule has 45 heavy (non-hydrogen) atoms. The largest absolute Gasteiger partial charge is 0.490 e. The van der Waals surface area contributed by atoms with Crippen molar-refractivity contribution in [1.29, 1.82) is 0 Å². The molecule has 0 saturated heterocycles. The second-order valence-corrected chi connectivity index (χ2v) is 11.9. The monoisotopic (exact) mass is 666 g/mol. The number of halogens is 2. The maximum Gasteiger partial charge on any atom is 0.338 e. The minimum atomic E-state index is -0.772. The smallest absolute Gasteiger partial charge is 0.338 e. The number of hydrogen-bond donors (Lipinski definition) is 0. The molecule has 0 aliphatic carbocycles. The Kier molecular flexibility index (Phi) is 8.89. The molecule has 9 nitrogen and oxygen atoms in total. The first kappa shape index (κ1) is 30.8. The molecule has 2 aliphatic rings. The average Bonchev–Trinajstić information content (AvgIpc) is 3.60. The van der Waals surface area contributed by atoms with Crippen molar-refractivity contribution in [2.45, 2.75) is 33.4 Å². The van der Waals surface area contributed by atoms with Crippen molar-refractivity contribution in [3.8, 4) is 23.0 Å². The fourth-order valence-electron chi connectivity index (χ4n) is 5.14. The second kappa shape index (κ2) is 13.0. The number of aromatic nitrogens is 1. The van der Waals surface area contributed by atoms with E-state index in [9.17, 15) is 9.59 Å². The topological polar surface area (TPSA) is 97.6 Å². The summed E-state index contributed by atoms with van der Waals surface area (Å²) in [5.74, 6) is 1.64. The number of nitrogens with zero attached hydrogens (tertiary/aromatic N) is 2. The molecular weight excluding hydrogens is 639 g/mol. The summed E-state index contributed by atoms with van der Waals surface area (Å²) in [4.78, 5) is 32.3. The van der Waals surface area contributed by atoms with Gasteiger partial charge in [-0.15, -0.1) is 0 Å². The Morgan fingerprint density at radius 1 is 1.02 bits per heavy atom. The minimum Gasteiger partial charge on any atom is -0.490 e. The zero-order valence-corrected chi connectivity index (χ0v) is 26.9. The van der Waals surface area contributed by atoms with E-state index in [1.54, 1.807) is 50.3 Å². The first-order chi connectivity index (χ1) is 21.8. The molecule has 3 aromatic carbocycles. The summed E-state index contributed by atoms with van der Waals surface area (Å²) in [5, 5.41) is 1.05. The summed E-state index contributed by atoms with van der Waals surface area (Å²) in [6.45, 7) is 6.27. The van der Waals surface area contributed by atoms with Gasteiger partial charge in [0.15, 0.2) is 27.8 Å². The number of allylic oxidation sites excluding steroid dienone is 1. The van der Waals surface area contributed by atoms with Crippen LogP contribution in [0.1, 0.15) is 43.5 Å². The third kappa shape index (κ3) is 6.18. The number of thiazole rings is 1. The van der Waals surface area contributed by atoms with Crippen molar-refractivity contribution in [1.82, 2.24) is 4.57 Å². The molecule has 3 heterocycles. The van der Waals surface area contributed by atoms with Gasteiger partial charge in [0, 0.05) is 15.6 Å². The van der Waals surface area contributed by atoms with Crippen molar-refractivity contribution >= 4 is 46.6 Å². The van der Waals surface area contributed by atoms with Crippen LogP contribution in [-0.2, 0) is 16.1 Å². The van der Waals surface area contributed by atoms with E-state index in [0.29, 0.717) is 60.2 Å². The molecule has 4 aromatic rings. The molecule has 12 heteroatoms. The van der Waals surface area contributed by atoms with Crippen molar-refractivity contribution < 1.29 is 28.5 Å². The molecule has 2 aliphatic heterocycles. The Morgan fingerprint density at radius 3 is 2.62 bits per heavy atom. The van der Waals surface area contributed by atoms with E-state index in [-0.39, 0.29) is 31.1 Å². The van der Waals surface area contributed by atoms with Crippen LogP contribution >= 0.6 is 34.5 Å². The quantitative estimate of drug-likeness (QED) is 0.208. The molecule has 0 N–H and O–H groups in total. The van der Waals surface area contributed by atoms with E-state index in [1.165, 1.54) is 15.9 Å². The van der Waals surface area contributed by atoms with Crippen molar-refractivity contribution in [2.75, 3.05) is 20.0 Å². The van der Waals surface area contributed by atoms with Gasteiger partial charge in [0.1, 0.15) is 6.61 Å². The van der Waals surface area contributed by atoms with Gasteiger partial charge in [0.25, 0.3) is 5.56 Å². The summed E-state index contributed by atoms with van der Waals surface area (Å²) < 4.78 is 30.3. The third-order valence-corrected chi connectivity index (χ3v) is 8.76. The standard InChI is InChI=1S/C33H28Cl2N2O7S/c1-4-40-26-12-19(6-10-24(26)42-16-21-7-9-22(34)15-23(21)35)13-28-31(38)37-30(20-8-11-25-27(14-20)44-17-43-25)29(32(39)41-5-2)18(3)36-33(37)45-28/h6-15,30H,4-5,16-17H2,1-3H3/b28-13-/t30-/m1/s1. The number of hydrogen-bond acceptors (Lipinski definition) is 9. The Hall–Kier alpha value is -4.25. The maximum absolute atomic E-state index is 14.0. The van der Waals surface area contributed by atoms with Gasteiger partial charge in [-0.2, -0.15) is 0 Å². The van der Waals surface area contributed by atoms with E-state index in [4.69, 9.17) is 46.9 Å². The first-order valence-corrected chi connectivity index (χ1v) is 15.8. The predicted molar refractivity (Wildman–Crippen MR) is 171 cm³/mol. The molecule has 6 rings (SSSR count). The molecule has 1 aromatic heterocycles. The van der Waals surface area contributed by atoms with Gasteiger partial charge in [0.2, 0.25) is 6.79 Å². The van der Waals surface area contributed by atoms with E-state index < -0.39 is 12.0 Å². The molecule has 0 amide bonds. The molecule has 0 bridgehead atoms. The van der Waals surface area contributed by atoms with E-state index in [2.05, 4.69) is 4.99 Å². The van der Waals surface area contributed by atoms with Gasteiger partial charge in [-0.3, -0.25) is 9.36 Å². The molecule has 0 spiro atoms. The lowest BCUT2D eigenvalue weighted by Crippen LogP contribution is -2.39. The fraction of sp³-hybridized carbons (Fsp3) is 0.242. The maximum atomic E-state index is 14.0. The summed E-state index contributed by atoms with van der Waals surface area (Å²) in [6, 6.07) is 15.3. The van der Waals surface area contributed by atoms with Gasteiger partial charge < -0.3 is 23.7 Å². The van der Waals surface area contributed by atoms with Crippen molar-refractivity contribution in [3.63, 3.8) is 0 Å². The highest BCUT2D eigenvalue weighted by molar-refractivity contribution is 7.07. The number of rotatable bonds is 9. The Labute approximate surface area is 272 Å². The highest BCUT2D eigenvalue weighted by Crippen LogP contribution is 2.38. The fourth-order valence-corrected chi connectivity index (χ4v) is 6.65. The first-order valence-electron chi connectivity index (χ1n) is 14.2. The van der Waals surface area contributed by atoms with Gasteiger partial charge in [-0.05, 0) is 74.4 Å². The zero-order chi connectivity index (χ0) is 31.7. The SMILES string of the molecule is CCOC(=O)C1=C(C)N=c2s/c(=C\c3ccc(OCc4ccc(Cl)cc4Cl)c(OCC)c3)c(=O)n2[C@@H]1c1ccc2c(c1)OCO2. The van der Waals surface area contributed by atoms with Crippen LogP contribution in [0.5, 0.6) is 23.0 Å². The van der Waals surface area contributed by atoms with E-state index in [1.807, 2.05) is 31.2 Å². The van der Waals surface area contributed by atoms with Crippen LogP contribution in [0, 0.1) is 0 Å². The average molecular weight is 668 g/mol. The van der Waals surface area contributed by atoms with Crippen LogP contribution in [0.3, 0.4) is 0 Å². The van der Waals surface area contributed by atoms with Gasteiger partial charge in [0.05, 0.1) is 35.1 Å². The van der Waals surface area contributed by atoms with Gasteiger partial charge >= 0.3 is 5.97 Å². The molecular formula is C33H28Cl2N2O7S. The third-order valence-electron chi connectivity index (χ3n) is 7.19. The highest BCUT2D eigenvalue weighted by Gasteiger charge is 2.34. The summed E-state index contributed by atoms with van der Waals surface area (Å²) in [7, 11) is 0. The molecule has 232 valence electrons. The summed E-state index contributed by atoms with van der Waals surface area (Å²) >= 11 is 13.6. The number of ether oxygens (including phenoxy) is 5. The predicted octanol–water partition coefficient (Wildman–Crippen LogP) is 5.81. The summed E-state index contributed by atoms with van der Waals surface area (Å²) in [5.41, 5.74) is 2.64. The van der Waals surface area contributed by atoms with E-state index >= 15 is 0 Å². The number of fused-ring (bicyclic) bond motifs is 2. The lowest BCUT2D eigenvalue weighted by Gasteiger charge is -2.24. The molecule has 0 unspecified atom stereocenters. The lowest BCUT2D eigenvalue weighted by atomic mass is 9.95. The highest BCUT2D eigenvalue weighted by atomic mass is 35.5. The number of carbonyl (C=O) groups is 1. The van der Waals surface area contributed by atoms with E-state index in [0.717, 1.165) is 11.1 Å².